The zero-order chi connectivity index (χ0) is 17.6. The largest absolute Gasteiger partial charge is 0.481 e. The van der Waals surface area contributed by atoms with Gasteiger partial charge in [-0.05, 0) is 23.1 Å². The maximum absolute atomic E-state index is 11.0. The molecule has 0 saturated carbocycles. The van der Waals surface area contributed by atoms with Crippen molar-refractivity contribution in [2.24, 2.45) is 0 Å². The number of hydrogen-bond donors (Lipinski definition) is 1. The van der Waals surface area contributed by atoms with Crippen molar-refractivity contribution in [1.29, 1.82) is 0 Å². The van der Waals surface area contributed by atoms with Gasteiger partial charge in [-0.15, -0.1) is 11.3 Å². The van der Waals surface area contributed by atoms with Gasteiger partial charge in [-0.1, -0.05) is 23.2 Å². The summed E-state index contributed by atoms with van der Waals surface area (Å²) in [6.45, 7) is 0.340. The van der Waals surface area contributed by atoms with Gasteiger partial charge in [0.2, 0.25) is 5.88 Å². The Labute approximate surface area is 156 Å². The standard InChI is InChI=1S/C17H11Cl2NO4S/c18-10-5-11(24-12-6-23-17-9(12)2-1-3-20-17)15(19)16-14(10)8(7-25-16)4-13(21)22/h1-3,5,7,12H,4,6H2,(H,21,22)/t12-/m0/s1. The number of ether oxygens (including phenoxy) is 2. The minimum absolute atomic E-state index is 0.105. The van der Waals surface area contributed by atoms with E-state index in [9.17, 15) is 4.79 Å². The van der Waals surface area contributed by atoms with Crippen molar-refractivity contribution in [1.82, 2.24) is 4.98 Å². The Kier molecular flexibility index (Phi) is 4.19. The van der Waals surface area contributed by atoms with Gasteiger partial charge >= 0.3 is 5.97 Å². The highest BCUT2D eigenvalue weighted by Gasteiger charge is 2.28. The lowest BCUT2D eigenvalue weighted by Crippen LogP contribution is -2.09. The van der Waals surface area contributed by atoms with Crippen LogP contribution in [0.2, 0.25) is 10.0 Å². The van der Waals surface area contributed by atoms with Gasteiger partial charge in [-0.25, -0.2) is 4.98 Å². The summed E-state index contributed by atoms with van der Waals surface area (Å²) in [4.78, 5) is 15.2. The van der Waals surface area contributed by atoms with E-state index in [2.05, 4.69) is 4.98 Å². The number of fused-ring (bicyclic) bond motifs is 2. The first-order valence-electron chi connectivity index (χ1n) is 7.39. The summed E-state index contributed by atoms with van der Waals surface area (Å²) in [5.74, 6) is 0.0725. The molecule has 1 aromatic carbocycles. The summed E-state index contributed by atoms with van der Waals surface area (Å²) < 4.78 is 12.2. The number of halogens is 2. The highest BCUT2D eigenvalue weighted by Crippen LogP contribution is 2.45. The summed E-state index contributed by atoms with van der Waals surface area (Å²) in [7, 11) is 0. The molecule has 0 unspecified atom stereocenters. The molecule has 0 amide bonds. The number of thiophene rings is 1. The molecule has 0 bridgehead atoms. The number of pyridine rings is 1. The van der Waals surface area contributed by atoms with Crippen LogP contribution < -0.4 is 9.47 Å². The molecule has 2 aromatic heterocycles. The molecule has 0 aliphatic carbocycles. The van der Waals surface area contributed by atoms with E-state index in [-0.39, 0.29) is 12.5 Å². The Morgan fingerprint density at radius 2 is 2.32 bits per heavy atom. The van der Waals surface area contributed by atoms with Gasteiger partial charge in [0.25, 0.3) is 0 Å². The minimum Gasteiger partial charge on any atom is -0.481 e. The van der Waals surface area contributed by atoms with E-state index in [0.29, 0.717) is 43.9 Å². The Morgan fingerprint density at radius 1 is 1.48 bits per heavy atom. The Morgan fingerprint density at radius 3 is 3.12 bits per heavy atom. The van der Waals surface area contributed by atoms with Crippen molar-refractivity contribution in [3.63, 3.8) is 0 Å². The molecule has 1 atom stereocenters. The second-order valence-electron chi connectivity index (χ2n) is 5.52. The van der Waals surface area contributed by atoms with Crippen molar-refractivity contribution in [3.05, 3.63) is 50.9 Å². The Hall–Kier alpha value is -2.02. The predicted molar refractivity (Wildman–Crippen MR) is 96.3 cm³/mol. The second kappa shape index (κ2) is 6.37. The number of carboxylic acids is 1. The zero-order valence-electron chi connectivity index (χ0n) is 12.7. The lowest BCUT2D eigenvalue weighted by molar-refractivity contribution is -0.136. The molecule has 3 aromatic rings. The van der Waals surface area contributed by atoms with Crippen molar-refractivity contribution >= 4 is 50.6 Å². The van der Waals surface area contributed by atoms with Crippen LogP contribution in [0.4, 0.5) is 0 Å². The fourth-order valence-electron chi connectivity index (χ4n) is 2.82. The van der Waals surface area contributed by atoms with Crippen molar-refractivity contribution in [2.45, 2.75) is 12.5 Å². The van der Waals surface area contributed by atoms with Gasteiger partial charge in [0, 0.05) is 17.6 Å². The fourth-order valence-corrected chi connectivity index (χ4v) is 4.54. The molecule has 128 valence electrons. The number of nitrogens with zero attached hydrogens (tertiary/aromatic N) is 1. The topological polar surface area (TPSA) is 68.7 Å². The monoisotopic (exact) mass is 395 g/mol. The maximum Gasteiger partial charge on any atom is 0.307 e. The molecule has 25 heavy (non-hydrogen) atoms. The third-order valence-corrected chi connectivity index (χ3v) is 5.74. The Balaban J connectivity index is 1.72. The summed E-state index contributed by atoms with van der Waals surface area (Å²) in [5.41, 5.74) is 1.50. The summed E-state index contributed by atoms with van der Waals surface area (Å²) in [5, 5.41) is 12.3. The van der Waals surface area contributed by atoms with Gasteiger partial charge in [0.15, 0.2) is 6.10 Å². The van der Waals surface area contributed by atoms with Crippen LogP contribution >= 0.6 is 34.5 Å². The van der Waals surface area contributed by atoms with Crippen molar-refractivity contribution in [2.75, 3.05) is 6.61 Å². The van der Waals surface area contributed by atoms with E-state index in [1.54, 1.807) is 17.6 Å². The molecule has 1 aliphatic heterocycles. The van der Waals surface area contributed by atoms with Crippen LogP contribution in [0, 0.1) is 0 Å². The highest BCUT2D eigenvalue weighted by atomic mass is 35.5. The van der Waals surface area contributed by atoms with Gasteiger partial charge < -0.3 is 14.6 Å². The van der Waals surface area contributed by atoms with Gasteiger partial charge in [-0.2, -0.15) is 0 Å². The quantitative estimate of drug-likeness (QED) is 0.690. The van der Waals surface area contributed by atoms with E-state index < -0.39 is 5.97 Å². The first-order valence-corrected chi connectivity index (χ1v) is 9.02. The molecular formula is C17H11Cl2NO4S. The molecule has 4 rings (SSSR count). The highest BCUT2D eigenvalue weighted by molar-refractivity contribution is 7.18. The van der Waals surface area contributed by atoms with Gasteiger partial charge in [0.05, 0.1) is 21.7 Å². The van der Waals surface area contributed by atoms with Crippen molar-refractivity contribution < 1.29 is 19.4 Å². The molecule has 3 heterocycles. The van der Waals surface area contributed by atoms with E-state index in [1.165, 1.54) is 11.3 Å². The smallest absolute Gasteiger partial charge is 0.307 e. The molecule has 1 aliphatic rings. The van der Waals surface area contributed by atoms with Gasteiger partial charge in [0.1, 0.15) is 17.4 Å². The molecule has 1 N–H and O–H groups in total. The van der Waals surface area contributed by atoms with Gasteiger partial charge in [-0.3, -0.25) is 4.79 Å². The van der Waals surface area contributed by atoms with E-state index in [4.69, 9.17) is 37.8 Å². The summed E-state index contributed by atoms with van der Waals surface area (Å²) in [6, 6.07) is 5.34. The van der Waals surface area contributed by atoms with E-state index in [1.807, 2.05) is 12.1 Å². The molecule has 0 saturated heterocycles. The van der Waals surface area contributed by atoms with Crippen LogP contribution in [-0.2, 0) is 11.2 Å². The van der Waals surface area contributed by atoms with Crippen LogP contribution in [-0.4, -0.2) is 22.7 Å². The minimum atomic E-state index is -0.917. The fraction of sp³-hybridized carbons (Fsp3) is 0.176. The molecule has 0 fully saturated rings. The number of rotatable bonds is 4. The van der Waals surface area contributed by atoms with Crippen LogP contribution in [0.3, 0.4) is 0 Å². The van der Waals surface area contributed by atoms with E-state index >= 15 is 0 Å². The first-order chi connectivity index (χ1) is 12.0. The average Bonchev–Trinajstić information content (AvgIpc) is 3.17. The van der Waals surface area contributed by atoms with E-state index in [0.717, 1.165) is 5.56 Å². The normalized spacial score (nSPS) is 15.8. The molecular weight excluding hydrogens is 385 g/mol. The lowest BCUT2D eigenvalue weighted by atomic mass is 10.1. The number of benzene rings is 1. The average molecular weight is 396 g/mol. The first kappa shape index (κ1) is 16.4. The molecule has 8 heteroatoms. The number of hydrogen-bond acceptors (Lipinski definition) is 5. The number of carboxylic acid groups (broad SMARTS) is 1. The van der Waals surface area contributed by atoms with Crippen LogP contribution in [0.15, 0.2) is 29.8 Å². The third kappa shape index (κ3) is 2.90. The molecule has 0 spiro atoms. The van der Waals surface area contributed by atoms with Crippen LogP contribution in [0.5, 0.6) is 11.6 Å². The van der Waals surface area contributed by atoms with Crippen LogP contribution in [0.1, 0.15) is 17.2 Å². The summed E-state index contributed by atoms with van der Waals surface area (Å²) >= 11 is 14.2. The second-order valence-corrected chi connectivity index (χ2v) is 7.19. The molecule has 5 nitrogen and oxygen atoms in total. The SMILES string of the molecule is O=C(O)Cc1csc2c(Cl)c(O[C@H]3COc4ncccc43)cc(Cl)c12. The Bertz CT molecular complexity index is 988. The zero-order valence-corrected chi connectivity index (χ0v) is 15.0. The third-order valence-electron chi connectivity index (χ3n) is 3.91. The van der Waals surface area contributed by atoms with Crippen molar-refractivity contribution in [3.8, 4) is 11.6 Å². The van der Waals surface area contributed by atoms with Crippen LogP contribution in [0.25, 0.3) is 10.1 Å². The molecule has 0 radical (unpaired) electrons. The number of carbonyl (C=O) groups is 1. The maximum atomic E-state index is 11.0. The number of aromatic nitrogens is 1. The summed E-state index contributed by atoms with van der Waals surface area (Å²) in [6.07, 6.45) is 1.23. The number of aliphatic carboxylic acids is 1. The predicted octanol–water partition coefficient (Wildman–Crippen LogP) is 4.74. The lowest BCUT2D eigenvalue weighted by Gasteiger charge is -2.15.